The molecule has 2 aromatic carbocycles. The molecule has 0 radical (unpaired) electrons. The normalized spacial score (nSPS) is 17.6. The number of ether oxygens (including phenoxy) is 2. The van der Waals surface area contributed by atoms with Crippen LogP contribution >= 0.6 is 23.4 Å². The largest absolute Gasteiger partial charge is 0.368 e. The van der Waals surface area contributed by atoms with Gasteiger partial charge in [-0.2, -0.15) is 9.97 Å². The molecule has 6 heterocycles. The second kappa shape index (κ2) is 17.3. The van der Waals surface area contributed by atoms with Crippen molar-refractivity contribution in [3.8, 4) is 0 Å². The van der Waals surface area contributed by atoms with Crippen molar-refractivity contribution in [2.45, 2.75) is 69.0 Å². The molecule has 51 heavy (non-hydrogen) atoms. The number of imidazole rings is 2. The SMILES string of the molecule is CSc1nc(NCCc2ccccc2)c2ncn(C3CCCCO3)c2n1.Clc1nc(NCCc2ccccc2)c2ncn(C3CCCCO3)c2n1. The second-order valence-corrected chi connectivity index (χ2v) is 13.6. The van der Waals surface area contributed by atoms with Crippen LogP contribution < -0.4 is 10.6 Å². The number of hydrogen-bond donors (Lipinski definition) is 2. The number of nitrogens with one attached hydrogen (secondary N) is 2. The highest BCUT2D eigenvalue weighted by molar-refractivity contribution is 7.98. The van der Waals surface area contributed by atoms with E-state index in [1.165, 1.54) is 17.5 Å². The van der Waals surface area contributed by atoms with Gasteiger partial charge in [-0.1, -0.05) is 72.4 Å². The maximum Gasteiger partial charge on any atom is 0.226 e. The maximum atomic E-state index is 6.14. The third-order valence-electron chi connectivity index (χ3n) is 9.01. The number of anilines is 2. The highest BCUT2D eigenvalue weighted by atomic mass is 35.5. The van der Waals surface area contributed by atoms with Gasteiger partial charge >= 0.3 is 0 Å². The molecule has 6 aromatic rings. The quantitative estimate of drug-likeness (QED) is 0.100. The average molecular weight is 727 g/mol. The lowest BCUT2D eigenvalue weighted by atomic mass is 10.1. The van der Waals surface area contributed by atoms with Crippen molar-refractivity contribution in [3.63, 3.8) is 0 Å². The third-order valence-corrected chi connectivity index (χ3v) is 9.72. The van der Waals surface area contributed by atoms with Crippen LogP contribution in [0.5, 0.6) is 0 Å². The van der Waals surface area contributed by atoms with E-state index in [0.29, 0.717) is 11.5 Å². The summed E-state index contributed by atoms with van der Waals surface area (Å²) in [6, 6.07) is 20.8. The third kappa shape index (κ3) is 8.78. The van der Waals surface area contributed by atoms with Crippen molar-refractivity contribution in [1.82, 2.24) is 39.0 Å². The fraction of sp³-hybridized carbons (Fsp3) is 0.405. The molecule has 0 saturated carbocycles. The molecule has 0 amide bonds. The van der Waals surface area contributed by atoms with Crippen LogP contribution in [0, 0.1) is 0 Å². The lowest BCUT2D eigenvalue weighted by Gasteiger charge is -2.23. The first-order valence-corrected chi connectivity index (χ1v) is 19.2. The maximum absolute atomic E-state index is 6.14. The minimum absolute atomic E-state index is 0.0236. The molecular weight excluding hydrogens is 684 g/mol. The van der Waals surface area contributed by atoms with Crippen LogP contribution in [0.15, 0.2) is 78.5 Å². The summed E-state index contributed by atoms with van der Waals surface area (Å²) >= 11 is 7.69. The molecule has 0 bridgehead atoms. The molecule has 2 saturated heterocycles. The number of aromatic nitrogens is 8. The highest BCUT2D eigenvalue weighted by Gasteiger charge is 2.22. The van der Waals surface area contributed by atoms with Crippen molar-refractivity contribution in [2.24, 2.45) is 0 Å². The van der Waals surface area contributed by atoms with Gasteiger partial charge in [-0.05, 0) is 80.4 Å². The predicted octanol–water partition coefficient (Wildman–Crippen LogP) is 7.74. The zero-order valence-corrected chi connectivity index (χ0v) is 30.3. The van der Waals surface area contributed by atoms with Gasteiger partial charge in [0, 0.05) is 26.3 Å². The van der Waals surface area contributed by atoms with Gasteiger partial charge < -0.3 is 20.1 Å². The summed E-state index contributed by atoms with van der Waals surface area (Å²) in [5, 5.41) is 7.75. The average Bonchev–Trinajstić information content (AvgIpc) is 3.81. The standard InChI is InChI=1S/C19H23N5OS.C18H20ClN5O/c1-26-19-22-17(20-11-10-14-7-3-2-4-8-14)16-18(23-19)24(13-21-16)15-9-5-6-12-25-15;19-18-22-16(20-10-9-13-6-2-1-3-7-13)15-17(23-18)24(12-21-15)14-8-4-5-11-25-14/h2-4,7-8,13,15H,5-6,9-12H2,1H3,(H,20,22,23);1-3,6-7,12,14H,4-5,8-11H2,(H,20,22,23). The molecule has 2 aliphatic rings. The Morgan fingerprint density at radius 3 is 1.69 bits per heavy atom. The Labute approximate surface area is 306 Å². The summed E-state index contributed by atoms with van der Waals surface area (Å²) in [6.07, 6.45) is 13.9. The van der Waals surface area contributed by atoms with E-state index in [1.54, 1.807) is 18.1 Å². The molecular formula is C37H43ClN10O2S. The van der Waals surface area contributed by atoms with E-state index in [2.05, 4.69) is 81.5 Å². The molecule has 0 aliphatic carbocycles. The van der Waals surface area contributed by atoms with Crippen molar-refractivity contribution in [2.75, 3.05) is 43.2 Å². The van der Waals surface area contributed by atoms with E-state index < -0.39 is 0 Å². The van der Waals surface area contributed by atoms with Crippen LogP contribution in [-0.4, -0.2) is 71.6 Å². The van der Waals surface area contributed by atoms with Gasteiger partial charge in [0.25, 0.3) is 0 Å². The zero-order valence-electron chi connectivity index (χ0n) is 28.7. The van der Waals surface area contributed by atoms with Gasteiger partial charge in [-0.3, -0.25) is 9.13 Å². The van der Waals surface area contributed by atoms with Crippen LogP contribution in [0.2, 0.25) is 5.28 Å². The van der Waals surface area contributed by atoms with Gasteiger partial charge in [0.1, 0.15) is 12.5 Å². The molecule has 2 atom stereocenters. The number of hydrogen-bond acceptors (Lipinski definition) is 11. The summed E-state index contributed by atoms with van der Waals surface area (Å²) < 4.78 is 15.8. The van der Waals surface area contributed by atoms with Gasteiger partial charge in [-0.25, -0.2) is 19.9 Å². The Balaban J connectivity index is 0.000000159. The first-order chi connectivity index (χ1) is 25.2. The van der Waals surface area contributed by atoms with E-state index in [0.717, 1.165) is 98.9 Å². The first kappa shape index (κ1) is 35.1. The van der Waals surface area contributed by atoms with Crippen molar-refractivity contribution < 1.29 is 9.47 Å². The van der Waals surface area contributed by atoms with Gasteiger partial charge in [0.2, 0.25) is 5.28 Å². The number of halogens is 1. The summed E-state index contributed by atoms with van der Waals surface area (Å²) in [7, 11) is 0. The van der Waals surface area contributed by atoms with Crippen molar-refractivity contribution in [3.05, 3.63) is 89.7 Å². The van der Waals surface area contributed by atoms with Crippen LogP contribution in [-0.2, 0) is 22.3 Å². The van der Waals surface area contributed by atoms with Crippen LogP contribution in [0.1, 0.15) is 62.1 Å². The van der Waals surface area contributed by atoms with E-state index in [1.807, 2.05) is 41.4 Å². The van der Waals surface area contributed by atoms with Gasteiger partial charge in [0.05, 0.1) is 12.7 Å². The number of rotatable bonds is 11. The summed E-state index contributed by atoms with van der Waals surface area (Å²) in [5.74, 6) is 1.46. The molecule has 2 fully saturated rings. The molecule has 14 heteroatoms. The van der Waals surface area contributed by atoms with Crippen LogP contribution in [0.25, 0.3) is 22.3 Å². The van der Waals surface area contributed by atoms with E-state index >= 15 is 0 Å². The monoisotopic (exact) mass is 726 g/mol. The van der Waals surface area contributed by atoms with E-state index in [9.17, 15) is 0 Å². The molecule has 2 N–H and O–H groups in total. The zero-order chi connectivity index (χ0) is 34.8. The lowest BCUT2D eigenvalue weighted by molar-refractivity contribution is -0.0299. The predicted molar refractivity (Wildman–Crippen MR) is 202 cm³/mol. The Bertz CT molecular complexity index is 2000. The fourth-order valence-corrected chi connectivity index (χ4v) is 6.90. The molecule has 266 valence electrons. The fourth-order valence-electron chi connectivity index (χ4n) is 6.37. The second-order valence-electron chi connectivity index (χ2n) is 12.5. The topological polar surface area (TPSA) is 130 Å². The molecule has 12 nitrogen and oxygen atoms in total. The first-order valence-electron chi connectivity index (χ1n) is 17.6. The number of fused-ring (bicyclic) bond motifs is 2. The van der Waals surface area contributed by atoms with E-state index in [4.69, 9.17) is 21.1 Å². The molecule has 4 aromatic heterocycles. The van der Waals surface area contributed by atoms with Gasteiger partial charge in [0.15, 0.2) is 39.1 Å². The number of benzene rings is 2. The van der Waals surface area contributed by atoms with Crippen LogP contribution in [0.4, 0.5) is 11.6 Å². The molecule has 0 spiro atoms. The minimum Gasteiger partial charge on any atom is -0.368 e. The summed E-state index contributed by atoms with van der Waals surface area (Å²) in [6.45, 7) is 3.12. The Kier molecular flexibility index (Phi) is 11.9. The Morgan fingerprint density at radius 2 is 1.20 bits per heavy atom. The number of thioether (sulfide) groups is 1. The molecule has 8 rings (SSSR count). The Hall–Kier alpha value is -4.30. The summed E-state index contributed by atoms with van der Waals surface area (Å²) in [5.41, 5.74) is 5.67. The highest BCUT2D eigenvalue weighted by Crippen LogP contribution is 2.30. The van der Waals surface area contributed by atoms with Crippen LogP contribution in [0.3, 0.4) is 0 Å². The number of nitrogens with zero attached hydrogens (tertiary/aromatic N) is 8. The minimum atomic E-state index is -0.0260. The van der Waals surface area contributed by atoms with Gasteiger partial charge in [-0.15, -0.1) is 0 Å². The molecule has 2 aliphatic heterocycles. The lowest BCUT2D eigenvalue weighted by Crippen LogP contribution is -2.18. The van der Waals surface area contributed by atoms with Crippen molar-refractivity contribution in [1.29, 1.82) is 0 Å². The van der Waals surface area contributed by atoms with Crippen molar-refractivity contribution >= 4 is 57.3 Å². The summed E-state index contributed by atoms with van der Waals surface area (Å²) in [4.78, 5) is 27.1. The molecule has 2 unspecified atom stereocenters. The Morgan fingerprint density at radius 1 is 0.686 bits per heavy atom. The van der Waals surface area contributed by atoms with E-state index in [-0.39, 0.29) is 17.7 Å². The smallest absolute Gasteiger partial charge is 0.226 e.